The molecule has 0 rings (SSSR count). The molecular formula is C25H46N8O13. The summed E-state index contributed by atoms with van der Waals surface area (Å²) in [5.74, 6) is -6.56. The van der Waals surface area contributed by atoms with Crippen LogP contribution in [-0.4, -0.2) is 156 Å². The normalized spacial score (nSPS) is 14.2. The Kier molecular flexibility index (Phi) is 21.3. The maximum absolute atomic E-state index is 12.5. The zero-order valence-corrected chi connectivity index (χ0v) is 25.4. The van der Waals surface area contributed by atoms with E-state index in [0.717, 1.165) is 0 Å². The second-order valence-corrected chi connectivity index (χ2v) is 10.1. The van der Waals surface area contributed by atoms with Crippen LogP contribution in [0.5, 0.6) is 0 Å². The van der Waals surface area contributed by atoms with Crippen molar-refractivity contribution < 1.29 is 64.2 Å². The number of nitrogens with one attached hydrogen (secondary N) is 7. The molecule has 46 heavy (non-hydrogen) atoms. The third kappa shape index (κ3) is 18.1. The maximum Gasteiger partial charge on any atom is 0.245 e. The van der Waals surface area contributed by atoms with E-state index in [9.17, 15) is 64.2 Å². The highest BCUT2D eigenvalue weighted by Gasteiger charge is 2.27. The molecule has 0 aliphatic rings. The number of aliphatic hydroxyl groups excluding tert-OH is 5. The molecule has 264 valence electrons. The number of rotatable bonds is 24. The van der Waals surface area contributed by atoms with Gasteiger partial charge in [-0.2, -0.15) is 0 Å². The molecule has 21 nitrogen and oxygen atoms in total. The number of amides is 7. The van der Waals surface area contributed by atoms with Crippen molar-refractivity contribution >= 4 is 41.4 Å². The average Bonchev–Trinajstić information content (AvgIpc) is 3.00. The molecule has 0 saturated heterocycles. The van der Waals surface area contributed by atoms with Crippen LogP contribution in [0.4, 0.5) is 0 Å². The van der Waals surface area contributed by atoms with Gasteiger partial charge in [0.25, 0.3) is 0 Å². The number of hydrogen-bond donors (Lipinski definition) is 14. The predicted molar refractivity (Wildman–Crippen MR) is 155 cm³/mol. The van der Waals surface area contributed by atoms with Crippen LogP contribution in [0.1, 0.15) is 25.7 Å². The number of primary amides is 1. The first-order chi connectivity index (χ1) is 21.7. The molecule has 0 fully saturated rings. The van der Waals surface area contributed by atoms with Crippen LogP contribution in [0.2, 0.25) is 0 Å². The van der Waals surface area contributed by atoms with Crippen LogP contribution in [0.3, 0.4) is 0 Å². The molecule has 21 heteroatoms. The SMILES string of the molecule is CNCC(CCC(=O)NC(CO)C(=O)NC(CO)C(=O)NCC(=O)NC(CO)CC(=O)NC(CO)CC(=O)NCC(N)=O)C(O)O. The molecule has 5 atom stereocenters. The number of nitrogens with two attached hydrogens (primary N) is 1. The number of hydrogen-bond acceptors (Lipinski definition) is 14. The summed E-state index contributed by atoms with van der Waals surface area (Å²) in [6.07, 6.45) is -2.75. The molecule has 0 aliphatic heterocycles. The topological polar surface area (TPSA) is 351 Å². The van der Waals surface area contributed by atoms with E-state index in [1.807, 2.05) is 0 Å². The quantitative estimate of drug-likeness (QED) is 0.0426. The first-order valence-electron chi connectivity index (χ1n) is 14.2. The second-order valence-electron chi connectivity index (χ2n) is 10.1. The Morgan fingerprint density at radius 1 is 0.630 bits per heavy atom. The van der Waals surface area contributed by atoms with Crippen LogP contribution < -0.4 is 43.0 Å². The summed E-state index contributed by atoms with van der Waals surface area (Å²) in [6, 6.07) is -5.32. The minimum absolute atomic E-state index is 0.0389. The van der Waals surface area contributed by atoms with Gasteiger partial charge in [-0.3, -0.25) is 33.6 Å². The van der Waals surface area contributed by atoms with Crippen LogP contribution >= 0.6 is 0 Å². The van der Waals surface area contributed by atoms with Gasteiger partial charge in [0, 0.05) is 31.7 Å². The molecule has 7 amide bonds. The molecule has 0 aliphatic carbocycles. The molecule has 0 spiro atoms. The van der Waals surface area contributed by atoms with E-state index in [-0.39, 0.29) is 19.4 Å². The van der Waals surface area contributed by atoms with Crippen molar-refractivity contribution in [1.82, 2.24) is 37.2 Å². The van der Waals surface area contributed by atoms with Crippen LogP contribution in [0.25, 0.3) is 0 Å². The molecule has 0 aromatic rings. The molecule has 0 aromatic heterocycles. The first-order valence-corrected chi connectivity index (χ1v) is 14.2. The summed E-state index contributed by atoms with van der Waals surface area (Å²) in [4.78, 5) is 84.2. The fourth-order valence-electron chi connectivity index (χ4n) is 3.75. The van der Waals surface area contributed by atoms with Crippen molar-refractivity contribution in [1.29, 1.82) is 0 Å². The van der Waals surface area contributed by atoms with Gasteiger partial charge in [-0.1, -0.05) is 0 Å². The largest absolute Gasteiger partial charge is 0.394 e. The average molecular weight is 667 g/mol. The van der Waals surface area contributed by atoms with Crippen molar-refractivity contribution in [3.63, 3.8) is 0 Å². The van der Waals surface area contributed by atoms with E-state index in [2.05, 4.69) is 37.2 Å². The van der Waals surface area contributed by atoms with Crippen molar-refractivity contribution in [2.75, 3.05) is 53.1 Å². The van der Waals surface area contributed by atoms with Gasteiger partial charge >= 0.3 is 0 Å². The van der Waals surface area contributed by atoms with Gasteiger partial charge in [-0.25, -0.2) is 0 Å². The Hall–Kier alpha value is -3.99. The number of aliphatic hydroxyl groups is 6. The Morgan fingerprint density at radius 2 is 1.17 bits per heavy atom. The van der Waals surface area contributed by atoms with E-state index in [0.29, 0.717) is 0 Å². The third-order valence-corrected chi connectivity index (χ3v) is 6.20. The van der Waals surface area contributed by atoms with Crippen LogP contribution in [-0.2, 0) is 33.6 Å². The van der Waals surface area contributed by atoms with Gasteiger partial charge in [-0.15, -0.1) is 0 Å². The maximum atomic E-state index is 12.5. The Balaban J connectivity index is 4.83. The monoisotopic (exact) mass is 666 g/mol. The van der Waals surface area contributed by atoms with E-state index in [1.165, 1.54) is 0 Å². The standard InChI is InChI=1S/C25H46N8O13/c1-27-6-13(25(45)46)2-3-19(39)32-17(12-37)24(44)33-16(11-36)23(43)29-8-22(42)31-15(10-35)5-21(41)30-14(9-34)4-20(40)28-7-18(26)38/h13-17,25,27,34-37,45-46H,2-12H2,1H3,(H2,26,38)(H,28,40)(H,29,43)(H,30,41)(H,31,42)(H,32,39)(H,33,44). The van der Waals surface area contributed by atoms with Crippen molar-refractivity contribution in [2.45, 2.75) is 56.1 Å². The lowest BCUT2D eigenvalue weighted by Crippen LogP contribution is -2.57. The summed E-state index contributed by atoms with van der Waals surface area (Å²) < 4.78 is 0. The molecule has 5 unspecified atom stereocenters. The van der Waals surface area contributed by atoms with E-state index >= 15 is 0 Å². The predicted octanol–water partition coefficient (Wildman–Crippen LogP) is -8.68. The highest BCUT2D eigenvalue weighted by atomic mass is 16.5. The minimum atomic E-state index is -1.69. The zero-order valence-electron chi connectivity index (χ0n) is 25.4. The smallest absolute Gasteiger partial charge is 0.245 e. The van der Waals surface area contributed by atoms with Crippen LogP contribution in [0.15, 0.2) is 0 Å². The van der Waals surface area contributed by atoms with Crippen molar-refractivity contribution in [3.05, 3.63) is 0 Å². The lowest BCUT2D eigenvalue weighted by Gasteiger charge is -2.22. The minimum Gasteiger partial charge on any atom is -0.394 e. The summed E-state index contributed by atoms with van der Waals surface area (Å²) in [7, 11) is 1.58. The summed E-state index contributed by atoms with van der Waals surface area (Å²) >= 11 is 0. The molecule has 0 aromatic carbocycles. The Bertz CT molecular complexity index is 1020. The van der Waals surface area contributed by atoms with E-state index in [1.54, 1.807) is 7.05 Å². The van der Waals surface area contributed by atoms with Crippen molar-refractivity contribution in [2.24, 2.45) is 11.7 Å². The van der Waals surface area contributed by atoms with Gasteiger partial charge < -0.3 is 73.6 Å². The molecule has 0 bridgehead atoms. The first kappa shape index (κ1) is 42.0. The number of carbonyl (C=O) groups excluding carboxylic acids is 7. The molecule has 0 radical (unpaired) electrons. The zero-order chi connectivity index (χ0) is 35.2. The summed E-state index contributed by atoms with van der Waals surface area (Å²) in [6.45, 7) is -4.12. The fraction of sp³-hybridized carbons (Fsp3) is 0.720. The Morgan fingerprint density at radius 3 is 1.67 bits per heavy atom. The molecule has 15 N–H and O–H groups in total. The van der Waals surface area contributed by atoms with Gasteiger partial charge in [0.1, 0.15) is 12.1 Å². The second kappa shape index (κ2) is 23.4. The highest BCUT2D eigenvalue weighted by molar-refractivity contribution is 5.93. The van der Waals surface area contributed by atoms with Gasteiger partial charge in [0.15, 0.2) is 6.29 Å². The van der Waals surface area contributed by atoms with E-state index < -0.39 is 130 Å². The van der Waals surface area contributed by atoms with Gasteiger partial charge in [0.05, 0.1) is 51.6 Å². The van der Waals surface area contributed by atoms with Gasteiger partial charge in [0.2, 0.25) is 41.4 Å². The van der Waals surface area contributed by atoms with Crippen LogP contribution in [0, 0.1) is 5.92 Å². The lowest BCUT2D eigenvalue weighted by atomic mass is 10.0. The third-order valence-electron chi connectivity index (χ3n) is 6.20. The van der Waals surface area contributed by atoms with Crippen molar-refractivity contribution in [3.8, 4) is 0 Å². The molecule has 0 heterocycles. The summed E-state index contributed by atoms with van der Waals surface area (Å²) in [5.41, 5.74) is 4.92. The molecule has 0 saturated carbocycles. The number of carbonyl (C=O) groups is 7. The van der Waals surface area contributed by atoms with Gasteiger partial charge in [-0.05, 0) is 13.5 Å². The summed E-state index contributed by atoms with van der Waals surface area (Å²) in [5, 5.41) is 72.7. The lowest BCUT2D eigenvalue weighted by molar-refractivity contribution is -0.134. The fourth-order valence-corrected chi connectivity index (χ4v) is 3.75. The Labute approximate surface area is 264 Å². The highest BCUT2D eigenvalue weighted by Crippen LogP contribution is 2.09. The molecular weight excluding hydrogens is 620 g/mol. The van der Waals surface area contributed by atoms with E-state index in [4.69, 9.17) is 5.73 Å².